The van der Waals surface area contributed by atoms with Gasteiger partial charge in [0.1, 0.15) is 17.0 Å². The smallest absolute Gasteiger partial charge is 0.157 e. The number of hydrogen-bond acceptors (Lipinski definition) is 5. The van der Waals surface area contributed by atoms with Crippen LogP contribution >= 0.6 is 0 Å². The summed E-state index contributed by atoms with van der Waals surface area (Å²) >= 11 is 0. The first-order valence-electron chi connectivity index (χ1n) is 10.0. The number of aromatic nitrogens is 6. The lowest BCUT2D eigenvalue weighted by molar-refractivity contribution is 0.254. The first kappa shape index (κ1) is 18.6. The Morgan fingerprint density at radius 1 is 1.17 bits per heavy atom. The number of H-pyrrole nitrogens is 2. The number of imidazole rings is 1. The highest BCUT2D eigenvalue weighted by Crippen LogP contribution is 2.32. The molecule has 0 unspecified atom stereocenters. The van der Waals surface area contributed by atoms with Crippen molar-refractivity contribution in [3.63, 3.8) is 0 Å². The largest absolute Gasteiger partial charge is 0.337 e. The van der Waals surface area contributed by atoms with Crippen LogP contribution in [0.4, 0.5) is 4.39 Å². The van der Waals surface area contributed by atoms with Crippen molar-refractivity contribution in [2.24, 2.45) is 0 Å². The molecule has 0 saturated carbocycles. The van der Waals surface area contributed by atoms with E-state index in [0.29, 0.717) is 17.3 Å². The second-order valence-corrected chi connectivity index (χ2v) is 7.73. The summed E-state index contributed by atoms with van der Waals surface area (Å²) in [6.07, 6.45) is 12.2. The molecule has 1 aliphatic rings. The van der Waals surface area contributed by atoms with Gasteiger partial charge < -0.3 is 9.88 Å². The summed E-state index contributed by atoms with van der Waals surface area (Å²) in [6, 6.07) is 3.39. The van der Waals surface area contributed by atoms with Gasteiger partial charge in [-0.05, 0) is 50.7 Å². The predicted octanol–water partition coefficient (Wildman–Crippen LogP) is 3.86. The molecule has 0 amide bonds. The van der Waals surface area contributed by atoms with Gasteiger partial charge in [-0.2, -0.15) is 5.10 Å². The third kappa shape index (κ3) is 3.61. The highest BCUT2D eigenvalue weighted by Gasteiger charge is 2.23. The van der Waals surface area contributed by atoms with Crippen LogP contribution in [0.1, 0.15) is 35.6 Å². The van der Waals surface area contributed by atoms with Gasteiger partial charge in [0.15, 0.2) is 5.82 Å². The number of nitrogens with one attached hydrogen (secondary N) is 2. The van der Waals surface area contributed by atoms with E-state index in [0.717, 1.165) is 53.9 Å². The topological polar surface area (TPSA) is 86.4 Å². The number of pyridine rings is 2. The van der Waals surface area contributed by atoms with Crippen LogP contribution in [-0.4, -0.2) is 55.2 Å². The van der Waals surface area contributed by atoms with E-state index < -0.39 is 0 Å². The molecule has 0 spiro atoms. The van der Waals surface area contributed by atoms with E-state index in [1.807, 2.05) is 18.3 Å². The SMILES string of the molecule is CN1CCC(c2nccc3[nH]c(-c4[nH]ncc4/C=C/c4cncc(F)c4)nc23)CC1. The predicted molar refractivity (Wildman–Crippen MR) is 114 cm³/mol. The van der Waals surface area contributed by atoms with Crippen molar-refractivity contribution in [3.8, 4) is 11.5 Å². The lowest BCUT2D eigenvalue weighted by Gasteiger charge is -2.28. The van der Waals surface area contributed by atoms with Crippen molar-refractivity contribution >= 4 is 23.2 Å². The van der Waals surface area contributed by atoms with E-state index in [1.54, 1.807) is 18.5 Å². The molecule has 0 aliphatic carbocycles. The molecule has 0 atom stereocenters. The number of fused-ring (bicyclic) bond motifs is 1. The van der Waals surface area contributed by atoms with Crippen LogP contribution < -0.4 is 0 Å². The highest BCUT2D eigenvalue weighted by atomic mass is 19.1. The molecule has 4 aromatic rings. The third-order valence-electron chi connectivity index (χ3n) is 5.62. The maximum Gasteiger partial charge on any atom is 0.157 e. The lowest BCUT2D eigenvalue weighted by Crippen LogP contribution is -2.29. The normalized spacial score (nSPS) is 16.1. The maximum atomic E-state index is 13.4. The van der Waals surface area contributed by atoms with Crippen molar-refractivity contribution in [3.05, 3.63) is 59.6 Å². The molecule has 5 heterocycles. The molecule has 0 radical (unpaired) electrons. The lowest BCUT2D eigenvalue weighted by atomic mass is 9.92. The second kappa shape index (κ2) is 7.79. The Bertz CT molecular complexity index is 1200. The van der Waals surface area contributed by atoms with Gasteiger partial charge in [-0.1, -0.05) is 12.2 Å². The maximum absolute atomic E-state index is 13.4. The highest BCUT2D eigenvalue weighted by molar-refractivity contribution is 5.83. The Hall–Kier alpha value is -3.39. The van der Waals surface area contributed by atoms with Crippen molar-refractivity contribution in [1.29, 1.82) is 0 Å². The number of rotatable bonds is 4. The summed E-state index contributed by atoms with van der Waals surface area (Å²) in [5, 5.41) is 7.20. The van der Waals surface area contributed by atoms with Gasteiger partial charge in [0.25, 0.3) is 0 Å². The fraction of sp³-hybridized carbons (Fsp3) is 0.273. The first-order chi connectivity index (χ1) is 14.7. The van der Waals surface area contributed by atoms with Crippen LogP contribution in [0.15, 0.2) is 36.9 Å². The average Bonchev–Trinajstić information content (AvgIpc) is 3.39. The Balaban J connectivity index is 1.48. The van der Waals surface area contributed by atoms with E-state index in [9.17, 15) is 4.39 Å². The average molecular weight is 403 g/mol. The van der Waals surface area contributed by atoms with Gasteiger partial charge in [0.2, 0.25) is 0 Å². The van der Waals surface area contributed by atoms with Crippen LogP contribution in [0.5, 0.6) is 0 Å². The number of likely N-dealkylation sites (tertiary alicyclic amines) is 1. The molecular formula is C22H22FN7. The van der Waals surface area contributed by atoms with E-state index >= 15 is 0 Å². The Morgan fingerprint density at radius 3 is 2.87 bits per heavy atom. The van der Waals surface area contributed by atoms with Crippen molar-refractivity contribution in [2.75, 3.05) is 20.1 Å². The van der Waals surface area contributed by atoms with Crippen LogP contribution in [-0.2, 0) is 0 Å². The molecule has 2 N–H and O–H groups in total. The van der Waals surface area contributed by atoms with Gasteiger partial charge in [-0.15, -0.1) is 0 Å². The van der Waals surface area contributed by atoms with E-state index in [2.05, 4.69) is 37.1 Å². The van der Waals surface area contributed by atoms with Crippen LogP contribution in [0.2, 0.25) is 0 Å². The second-order valence-electron chi connectivity index (χ2n) is 7.73. The van der Waals surface area contributed by atoms with Gasteiger partial charge in [0.05, 0.1) is 23.6 Å². The number of nitrogens with zero attached hydrogens (tertiary/aromatic N) is 5. The fourth-order valence-electron chi connectivity index (χ4n) is 3.97. The van der Waals surface area contributed by atoms with Crippen molar-refractivity contribution in [1.82, 2.24) is 35.0 Å². The summed E-state index contributed by atoms with van der Waals surface area (Å²) in [6.45, 7) is 2.15. The molecule has 4 aromatic heterocycles. The van der Waals surface area contributed by atoms with E-state index in [1.165, 1.54) is 12.3 Å². The molecule has 1 aliphatic heterocycles. The van der Waals surface area contributed by atoms with E-state index in [4.69, 9.17) is 4.98 Å². The minimum Gasteiger partial charge on any atom is -0.337 e. The summed E-state index contributed by atoms with van der Waals surface area (Å²) in [7, 11) is 2.16. The first-order valence-corrected chi connectivity index (χ1v) is 10.0. The number of piperidine rings is 1. The van der Waals surface area contributed by atoms with Gasteiger partial charge in [0, 0.05) is 23.9 Å². The number of hydrogen-bond donors (Lipinski definition) is 2. The zero-order valence-electron chi connectivity index (χ0n) is 16.6. The molecule has 30 heavy (non-hydrogen) atoms. The monoisotopic (exact) mass is 403 g/mol. The Labute approximate surface area is 173 Å². The third-order valence-corrected chi connectivity index (χ3v) is 5.62. The molecule has 8 heteroatoms. The number of aromatic amines is 2. The molecule has 152 valence electrons. The molecule has 0 bridgehead atoms. The van der Waals surface area contributed by atoms with Crippen molar-refractivity contribution < 1.29 is 4.39 Å². The minimum atomic E-state index is -0.365. The van der Waals surface area contributed by atoms with Crippen LogP contribution in [0, 0.1) is 5.82 Å². The zero-order chi connectivity index (χ0) is 20.5. The van der Waals surface area contributed by atoms with Crippen molar-refractivity contribution in [2.45, 2.75) is 18.8 Å². The summed E-state index contributed by atoms with van der Waals surface area (Å²) in [5.41, 5.74) is 5.26. The van der Waals surface area contributed by atoms with E-state index in [-0.39, 0.29) is 5.82 Å². The standard InChI is InChI=1S/C22H22FN7/c1-30-8-5-15(6-9-30)19-21-18(4-7-25-19)27-22(28-21)20-16(12-26-29-20)3-2-14-10-17(23)13-24-11-14/h2-4,7,10-13,15H,5-6,8-9H2,1H3,(H,26,29)(H,27,28)/b3-2+. The number of halogens is 1. The molecule has 1 fully saturated rings. The Kier molecular flexibility index (Phi) is 4.84. The summed E-state index contributed by atoms with van der Waals surface area (Å²) in [4.78, 5) is 19.2. The Morgan fingerprint density at radius 2 is 2.03 bits per heavy atom. The fourth-order valence-corrected chi connectivity index (χ4v) is 3.97. The van der Waals surface area contributed by atoms with Gasteiger partial charge in [-0.3, -0.25) is 15.1 Å². The molecule has 7 nitrogen and oxygen atoms in total. The molecule has 1 saturated heterocycles. The van der Waals surface area contributed by atoms with Crippen LogP contribution in [0.3, 0.4) is 0 Å². The van der Waals surface area contributed by atoms with Gasteiger partial charge in [-0.25, -0.2) is 9.37 Å². The summed E-state index contributed by atoms with van der Waals surface area (Å²) in [5.74, 6) is 0.764. The quantitative estimate of drug-likeness (QED) is 0.540. The zero-order valence-corrected chi connectivity index (χ0v) is 16.6. The molecule has 5 rings (SSSR count). The molecule has 0 aromatic carbocycles. The minimum absolute atomic E-state index is 0.365. The molecular weight excluding hydrogens is 381 g/mol. The van der Waals surface area contributed by atoms with Crippen LogP contribution in [0.25, 0.3) is 34.7 Å². The summed E-state index contributed by atoms with van der Waals surface area (Å²) < 4.78 is 13.4. The van der Waals surface area contributed by atoms with Gasteiger partial charge >= 0.3 is 0 Å².